The van der Waals surface area contributed by atoms with Crippen molar-refractivity contribution in [2.45, 2.75) is 31.6 Å². The molecule has 0 unspecified atom stereocenters. The molecule has 8 heteroatoms. The Kier molecular flexibility index (Phi) is 5.42. The fraction of sp³-hybridized carbons (Fsp3) is 0.429. The summed E-state index contributed by atoms with van der Waals surface area (Å²) in [5.41, 5.74) is 0.914. The second kappa shape index (κ2) is 8.14. The number of aromatic hydroxyl groups is 1. The van der Waals surface area contributed by atoms with Crippen molar-refractivity contribution in [1.29, 1.82) is 0 Å². The van der Waals surface area contributed by atoms with Crippen molar-refractivity contribution in [3.05, 3.63) is 47.0 Å². The van der Waals surface area contributed by atoms with E-state index in [0.29, 0.717) is 19.4 Å². The normalized spacial score (nSPS) is 17.6. The number of piperidine rings is 1. The summed E-state index contributed by atoms with van der Waals surface area (Å²) in [7, 11) is 0. The fourth-order valence-electron chi connectivity index (χ4n) is 4.05. The van der Waals surface area contributed by atoms with Crippen LogP contribution in [0.2, 0.25) is 0 Å². The molecule has 1 aromatic heterocycles. The lowest BCUT2D eigenvalue weighted by Gasteiger charge is -2.32. The number of anilines is 1. The second-order valence-electron chi connectivity index (χ2n) is 7.59. The number of nitrogens with zero attached hydrogens (tertiary/aromatic N) is 4. The SMILES string of the molecule is O=Cc1cc(C(=O)N2CCC(c3cnc(N4CCCC4)nc3)CC2)cc(F)c1O. The van der Waals surface area contributed by atoms with Gasteiger partial charge in [-0.3, -0.25) is 9.59 Å². The predicted molar refractivity (Wildman–Crippen MR) is 105 cm³/mol. The molecule has 4 rings (SSSR count). The number of hydrogen-bond acceptors (Lipinski definition) is 6. The van der Waals surface area contributed by atoms with Crippen LogP contribution in [0.3, 0.4) is 0 Å². The Balaban J connectivity index is 1.39. The minimum atomic E-state index is -0.969. The summed E-state index contributed by atoms with van der Waals surface area (Å²) in [5.74, 6) is -0.991. The Morgan fingerprint density at radius 2 is 1.76 bits per heavy atom. The number of phenols is 1. The topological polar surface area (TPSA) is 86.6 Å². The summed E-state index contributed by atoms with van der Waals surface area (Å²) in [6, 6.07) is 2.20. The molecule has 2 saturated heterocycles. The van der Waals surface area contributed by atoms with E-state index in [2.05, 4.69) is 14.9 Å². The number of aldehydes is 1. The third-order valence-electron chi connectivity index (χ3n) is 5.77. The molecule has 0 aliphatic carbocycles. The molecule has 0 saturated carbocycles. The van der Waals surface area contributed by atoms with E-state index in [-0.39, 0.29) is 23.0 Å². The van der Waals surface area contributed by atoms with Crippen LogP contribution in [0.5, 0.6) is 5.75 Å². The Hall–Kier alpha value is -3.03. The third-order valence-corrected chi connectivity index (χ3v) is 5.77. The number of carbonyl (C=O) groups is 2. The lowest BCUT2D eigenvalue weighted by molar-refractivity contribution is 0.0712. The maximum Gasteiger partial charge on any atom is 0.253 e. The number of aromatic nitrogens is 2. The van der Waals surface area contributed by atoms with Gasteiger partial charge in [0.25, 0.3) is 5.91 Å². The zero-order chi connectivity index (χ0) is 20.4. The molecular weight excluding hydrogens is 375 g/mol. The maximum atomic E-state index is 13.8. The van der Waals surface area contributed by atoms with Gasteiger partial charge in [-0.15, -0.1) is 0 Å². The summed E-state index contributed by atoms with van der Waals surface area (Å²) in [6.45, 7) is 3.06. The monoisotopic (exact) mass is 398 g/mol. The van der Waals surface area contributed by atoms with Gasteiger partial charge in [-0.25, -0.2) is 14.4 Å². The van der Waals surface area contributed by atoms with Gasteiger partial charge in [0, 0.05) is 44.1 Å². The van der Waals surface area contributed by atoms with Gasteiger partial charge < -0.3 is 14.9 Å². The van der Waals surface area contributed by atoms with Gasteiger partial charge in [-0.1, -0.05) is 0 Å². The number of rotatable bonds is 4. The molecule has 0 bridgehead atoms. The molecule has 1 amide bonds. The summed E-state index contributed by atoms with van der Waals surface area (Å²) in [4.78, 5) is 36.5. The number of halogens is 1. The highest BCUT2D eigenvalue weighted by Crippen LogP contribution is 2.29. The molecule has 152 valence electrons. The van der Waals surface area contributed by atoms with Crippen LogP contribution in [-0.2, 0) is 0 Å². The molecule has 29 heavy (non-hydrogen) atoms. The van der Waals surface area contributed by atoms with E-state index >= 15 is 0 Å². The number of hydrogen-bond donors (Lipinski definition) is 1. The number of benzene rings is 1. The largest absolute Gasteiger partial charge is 0.504 e. The predicted octanol–water partition coefficient (Wildman–Crippen LogP) is 2.75. The van der Waals surface area contributed by atoms with E-state index in [1.165, 1.54) is 18.9 Å². The Morgan fingerprint density at radius 1 is 1.10 bits per heavy atom. The molecule has 2 aromatic rings. The number of carbonyl (C=O) groups excluding carboxylic acids is 2. The van der Waals surface area contributed by atoms with Crippen LogP contribution >= 0.6 is 0 Å². The molecule has 0 radical (unpaired) electrons. The quantitative estimate of drug-likeness (QED) is 0.797. The molecule has 0 atom stereocenters. The summed E-state index contributed by atoms with van der Waals surface area (Å²) in [6.07, 6.45) is 7.99. The Labute approximate surface area is 168 Å². The smallest absolute Gasteiger partial charge is 0.253 e. The van der Waals surface area contributed by atoms with Crippen LogP contribution in [-0.4, -0.2) is 58.3 Å². The highest BCUT2D eigenvalue weighted by atomic mass is 19.1. The van der Waals surface area contributed by atoms with Crippen LogP contribution in [0.15, 0.2) is 24.5 Å². The van der Waals surface area contributed by atoms with E-state index in [4.69, 9.17) is 0 Å². The first-order chi connectivity index (χ1) is 14.1. The summed E-state index contributed by atoms with van der Waals surface area (Å²) < 4.78 is 13.8. The van der Waals surface area contributed by atoms with Crippen molar-refractivity contribution in [2.75, 3.05) is 31.1 Å². The van der Waals surface area contributed by atoms with Crippen molar-refractivity contribution in [1.82, 2.24) is 14.9 Å². The second-order valence-corrected chi connectivity index (χ2v) is 7.59. The van der Waals surface area contributed by atoms with Crippen molar-refractivity contribution in [3.63, 3.8) is 0 Å². The van der Waals surface area contributed by atoms with Crippen molar-refractivity contribution < 1.29 is 19.1 Å². The average Bonchev–Trinajstić information content (AvgIpc) is 3.30. The minimum Gasteiger partial charge on any atom is -0.504 e. The van der Waals surface area contributed by atoms with Crippen molar-refractivity contribution in [2.24, 2.45) is 0 Å². The number of phenolic OH excluding ortho intramolecular Hbond substituents is 1. The molecule has 2 aliphatic heterocycles. The van der Waals surface area contributed by atoms with Gasteiger partial charge in [0.05, 0.1) is 5.56 Å². The van der Waals surface area contributed by atoms with Gasteiger partial charge in [-0.2, -0.15) is 0 Å². The maximum absolute atomic E-state index is 13.8. The molecule has 2 aliphatic rings. The molecule has 1 aromatic carbocycles. The first kappa shape index (κ1) is 19.3. The van der Waals surface area contributed by atoms with Gasteiger partial charge in [0.1, 0.15) is 0 Å². The van der Waals surface area contributed by atoms with Gasteiger partial charge >= 0.3 is 0 Å². The van der Waals surface area contributed by atoms with Crippen LogP contribution < -0.4 is 4.90 Å². The first-order valence-electron chi connectivity index (χ1n) is 9.90. The zero-order valence-corrected chi connectivity index (χ0v) is 16.1. The van der Waals surface area contributed by atoms with Crippen molar-refractivity contribution in [3.8, 4) is 5.75 Å². The van der Waals surface area contributed by atoms with E-state index in [0.717, 1.165) is 43.5 Å². The third kappa shape index (κ3) is 3.92. The lowest BCUT2D eigenvalue weighted by Crippen LogP contribution is -2.38. The highest BCUT2D eigenvalue weighted by Gasteiger charge is 2.26. The van der Waals surface area contributed by atoms with Gasteiger partial charge in [0.2, 0.25) is 5.95 Å². The Morgan fingerprint density at radius 3 is 2.38 bits per heavy atom. The number of amides is 1. The molecule has 3 heterocycles. The fourth-order valence-corrected chi connectivity index (χ4v) is 4.05. The zero-order valence-electron chi connectivity index (χ0n) is 16.1. The molecular formula is C21H23FN4O3. The van der Waals surface area contributed by atoms with Gasteiger partial charge in [-0.05, 0) is 49.3 Å². The first-order valence-corrected chi connectivity index (χ1v) is 9.90. The van der Waals surface area contributed by atoms with Gasteiger partial charge in [0.15, 0.2) is 17.9 Å². The number of likely N-dealkylation sites (tertiary alicyclic amines) is 1. The van der Waals surface area contributed by atoms with Crippen LogP contribution in [0.25, 0.3) is 0 Å². The average molecular weight is 398 g/mol. The van der Waals surface area contributed by atoms with Crippen LogP contribution in [0.1, 0.15) is 57.9 Å². The molecule has 0 spiro atoms. The van der Waals surface area contributed by atoms with E-state index in [1.807, 2.05) is 12.4 Å². The Bertz CT molecular complexity index is 905. The molecule has 2 fully saturated rings. The summed E-state index contributed by atoms with van der Waals surface area (Å²) in [5, 5.41) is 9.52. The van der Waals surface area contributed by atoms with E-state index in [9.17, 15) is 19.1 Å². The van der Waals surface area contributed by atoms with Crippen LogP contribution in [0.4, 0.5) is 10.3 Å². The molecule has 7 nitrogen and oxygen atoms in total. The van der Waals surface area contributed by atoms with Crippen LogP contribution in [0, 0.1) is 5.82 Å². The molecule has 1 N–H and O–H groups in total. The highest BCUT2D eigenvalue weighted by molar-refractivity contribution is 5.96. The van der Waals surface area contributed by atoms with E-state index in [1.54, 1.807) is 4.90 Å². The van der Waals surface area contributed by atoms with Crippen molar-refractivity contribution >= 4 is 18.1 Å². The lowest BCUT2D eigenvalue weighted by atomic mass is 9.91. The standard InChI is InChI=1S/C21H23FN4O3/c22-18-10-15(9-16(13-27)19(18)28)20(29)25-7-3-14(4-8-25)17-11-23-21(24-12-17)26-5-1-2-6-26/h9-14,28H,1-8H2. The van der Waals surface area contributed by atoms with E-state index < -0.39 is 11.6 Å². The minimum absolute atomic E-state index is 0.0687. The summed E-state index contributed by atoms with van der Waals surface area (Å²) >= 11 is 0.